The van der Waals surface area contributed by atoms with Gasteiger partial charge in [-0.25, -0.2) is 0 Å². The molecule has 0 aliphatic heterocycles. The monoisotopic (exact) mass is 253 g/mol. The Hall–Kier alpha value is -0.730. The average molecular weight is 254 g/mol. The van der Waals surface area contributed by atoms with Gasteiger partial charge in [0.05, 0.1) is 17.3 Å². The molecule has 0 unspecified atom stereocenters. The fraction of sp³-hybridized carbons (Fsp3) is 0.571. The van der Waals surface area contributed by atoms with Crippen molar-refractivity contribution in [1.29, 1.82) is 0 Å². The second kappa shape index (κ2) is 5.28. The van der Waals surface area contributed by atoms with Crippen LogP contribution in [-0.2, 0) is 6.61 Å². The molecular weight excluding hydrogens is 234 g/mol. The summed E-state index contributed by atoms with van der Waals surface area (Å²) in [5.41, 5.74) is 1.97. The maximum Gasteiger partial charge on any atom is 0.0702 e. The molecule has 2 rings (SSSR count). The number of nitrogens with zero attached hydrogens (tertiary/aromatic N) is 1. The number of hydrogen-bond donors (Lipinski definition) is 1. The molecule has 1 aliphatic rings. The third kappa shape index (κ3) is 2.93. The largest absolute Gasteiger partial charge is 0.392 e. The van der Waals surface area contributed by atoms with Gasteiger partial charge in [-0.3, -0.25) is 0 Å². The summed E-state index contributed by atoms with van der Waals surface area (Å²) in [5.74, 6) is 0.596. The van der Waals surface area contributed by atoms with Crippen LogP contribution in [0, 0.1) is 5.92 Å². The van der Waals surface area contributed by atoms with Crippen molar-refractivity contribution in [2.75, 3.05) is 11.4 Å². The first-order chi connectivity index (χ1) is 8.13. The number of aliphatic hydroxyl groups is 1. The van der Waals surface area contributed by atoms with Gasteiger partial charge in [0.15, 0.2) is 0 Å². The number of rotatable bonds is 5. The highest BCUT2D eigenvalue weighted by atomic mass is 35.5. The predicted molar refractivity (Wildman–Crippen MR) is 72.6 cm³/mol. The zero-order valence-corrected chi connectivity index (χ0v) is 11.2. The third-order valence-corrected chi connectivity index (χ3v) is 3.38. The van der Waals surface area contributed by atoms with Gasteiger partial charge in [-0.1, -0.05) is 37.6 Å². The molecule has 1 fully saturated rings. The van der Waals surface area contributed by atoms with E-state index in [4.69, 9.17) is 11.6 Å². The molecule has 0 heterocycles. The quantitative estimate of drug-likeness (QED) is 0.869. The summed E-state index contributed by atoms with van der Waals surface area (Å²) in [6.45, 7) is 5.48. The fourth-order valence-electron chi connectivity index (χ4n) is 2.21. The maximum absolute atomic E-state index is 9.44. The smallest absolute Gasteiger partial charge is 0.0702 e. The Balaban J connectivity index is 2.34. The molecule has 0 amide bonds. The first kappa shape index (κ1) is 12.7. The topological polar surface area (TPSA) is 23.5 Å². The lowest BCUT2D eigenvalue weighted by Gasteiger charge is -2.29. The van der Waals surface area contributed by atoms with E-state index in [1.807, 2.05) is 18.2 Å². The van der Waals surface area contributed by atoms with E-state index in [1.54, 1.807) is 0 Å². The van der Waals surface area contributed by atoms with E-state index in [9.17, 15) is 5.11 Å². The molecular formula is C14H20ClNO. The zero-order chi connectivity index (χ0) is 12.4. The molecule has 1 aliphatic carbocycles. The number of hydrogen-bond acceptors (Lipinski definition) is 2. The van der Waals surface area contributed by atoms with E-state index in [-0.39, 0.29) is 6.61 Å². The van der Waals surface area contributed by atoms with Gasteiger partial charge in [0.1, 0.15) is 0 Å². The molecule has 0 atom stereocenters. The van der Waals surface area contributed by atoms with Crippen LogP contribution in [-0.4, -0.2) is 17.7 Å². The molecule has 1 N–H and O–H groups in total. The SMILES string of the molecule is CC(C)CN(c1c(Cl)cccc1CO)C1CC1. The van der Waals surface area contributed by atoms with Crippen LogP contribution >= 0.6 is 11.6 Å². The Morgan fingerprint density at radius 3 is 2.65 bits per heavy atom. The van der Waals surface area contributed by atoms with E-state index in [0.717, 1.165) is 22.8 Å². The summed E-state index contributed by atoms with van der Waals surface area (Å²) in [6.07, 6.45) is 2.48. The van der Waals surface area contributed by atoms with Crippen molar-refractivity contribution in [3.05, 3.63) is 28.8 Å². The van der Waals surface area contributed by atoms with Crippen LogP contribution in [0.15, 0.2) is 18.2 Å². The Morgan fingerprint density at radius 2 is 2.12 bits per heavy atom. The van der Waals surface area contributed by atoms with Crippen molar-refractivity contribution in [2.45, 2.75) is 39.3 Å². The Morgan fingerprint density at radius 1 is 1.41 bits per heavy atom. The molecule has 94 valence electrons. The van der Waals surface area contributed by atoms with Crippen molar-refractivity contribution in [1.82, 2.24) is 0 Å². The first-order valence-electron chi connectivity index (χ1n) is 6.28. The van der Waals surface area contributed by atoms with Gasteiger partial charge in [0, 0.05) is 18.2 Å². The molecule has 0 saturated heterocycles. The Labute approximate surface area is 108 Å². The van der Waals surface area contributed by atoms with Gasteiger partial charge in [-0.2, -0.15) is 0 Å². The van der Waals surface area contributed by atoms with Gasteiger partial charge >= 0.3 is 0 Å². The van der Waals surface area contributed by atoms with Crippen molar-refractivity contribution in [3.8, 4) is 0 Å². The molecule has 0 bridgehead atoms. The number of benzene rings is 1. The van der Waals surface area contributed by atoms with Crippen LogP contribution in [0.3, 0.4) is 0 Å². The van der Waals surface area contributed by atoms with Gasteiger partial charge in [-0.15, -0.1) is 0 Å². The summed E-state index contributed by atoms with van der Waals surface area (Å²) in [4.78, 5) is 2.37. The maximum atomic E-state index is 9.44. The van der Waals surface area contributed by atoms with Gasteiger partial charge < -0.3 is 10.0 Å². The van der Waals surface area contributed by atoms with Crippen LogP contribution in [0.1, 0.15) is 32.3 Å². The summed E-state index contributed by atoms with van der Waals surface area (Å²) in [7, 11) is 0. The highest BCUT2D eigenvalue weighted by Crippen LogP contribution is 2.38. The second-order valence-corrected chi connectivity index (χ2v) is 5.59. The van der Waals surface area contributed by atoms with E-state index >= 15 is 0 Å². The molecule has 1 aromatic carbocycles. The lowest BCUT2D eigenvalue weighted by Crippen LogP contribution is -2.31. The first-order valence-corrected chi connectivity index (χ1v) is 6.66. The minimum atomic E-state index is 0.0528. The van der Waals surface area contributed by atoms with Crippen molar-refractivity contribution in [3.63, 3.8) is 0 Å². The molecule has 1 saturated carbocycles. The molecule has 17 heavy (non-hydrogen) atoms. The van der Waals surface area contributed by atoms with Gasteiger partial charge in [-0.05, 0) is 24.8 Å². The number of aliphatic hydroxyl groups excluding tert-OH is 1. The minimum Gasteiger partial charge on any atom is -0.392 e. The van der Waals surface area contributed by atoms with Crippen LogP contribution in [0.4, 0.5) is 5.69 Å². The molecule has 2 nitrogen and oxygen atoms in total. The number of anilines is 1. The van der Waals surface area contributed by atoms with Crippen molar-refractivity contribution < 1.29 is 5.11 Å². The summed E-state index contributed by atoms with van der Waals surface area (Å²) < 4.78 is 0. The van der Waals surface area contributed by atoms with Crippen LogP contribution in [0.5, 0.6) is 0 Å². The molecule has 1 aromatic rings. The summed E-state index contributed by atoms with van der Waals surface area (Å²) in [6, 6.07) is 6.38. The van der Waals surface area contributed by atoms with Crippen molar-refractivity contribution in [2.24, 2.45) is 5.92 Å². The van der Waals surface area contributed by atoms with Gasteiger partial charge in [0.25, 0.3) is 0 Å². The number of halogens is 1. The van der Waals surface area contributed by atoms with E-state index in [2.05, 4.69) is 18.7 Å². The summed E-state index contributed by atoms with van der Waals surface area (Å²) >= 11 is 6.31. The molecule has 0 radical (unpaired) electrons. The predicted octanol–water partition coefficient (Wildman–Crippen LogP) is 3.46. The molecule has 0 aromatic heterocycles. The van der Waals surface area contributed by atoms with Crippen LogP contribution in [0.25, 0.3) is 0 Å². The van der Waals surface area contributed by atoms with Gasteiger partial charge in [0.2, 0.25) is 0 Å². The van der Waals surface area contributed by atoms with Crippen molar-refractivity contribution >= 4 is 17.3 Å². The van der Waals surface area contributed by atoms with Crippen LogP contribution in [0.2, 0.25) is 5.02 Å². The summed E-state index contributed by atoms with van der Waals surface area (Å²) in [5, 5.41) is 10.2. The lowest BCUT2D eigenvalue weighted by molar-refractivity contribution is 0.282. The van der Waals surface area contributed by atoms with E-state index in [1.165, 1.54) is 12.8 Å². The molecule has 0 spiro atoms. The lowest BCUT2D eigenvalue weighted by atomic mass is 10.1. The highest BCUT2D eigenvalue weighted by molar-refractivity contribution is 6.33. The Kier molecular flexibility index (Phi) is 3.95. The fourth-order valence-corrected chi connectivity index (χ4v) is 2.51. The normalized spacial score (nSPS) is 15.4. The Bertz CT molecular complexity index is 388. The van der Waals surface area contributed by atoms with Crippen LogP contribution < -0.4 is 4.90 Å². The van der Waals surface area contributed by atoms with E-state index in [0.29, 0.717) is 12.0 Å². The minimum absolute atomic E-state index is 0.0528. The average Bonchev–Trinajstić information content (AvgIpc) is 3.09. The number of para-hydroxylation sites is 1. The molecule has 3 heteroatoms. The zero-order valence-electron chi connectivity index (χ0n) is 10.5. The second-order valence-electron chi connectivity index (χ2n) is 5.18. The standard InChI is InChI=1S/C14H20ClNO/c1-10(2)8-16(12-6-7-12)14-11(9-17)4-3-5-13(14)15/h3-5,10,12,17H,6-9H2,1-2H3. The highest BCUT2D eigenvalue weighted by Gasteiger charge is 2.31. The van der Waals surface area contributed by atoms with E-state index < -0.39 is 0 Å². The third-order valence-electron chi connectivity index (χ3n) is 3.08.